The second-order valence-electron chi connectivity index (χ2n) is 14.8. The van der Waals surface area contributed by atoms with E-state index < -0.39 is 82.1 Å². The Bertz CT molecular complexity index is 1070. The van der Waals surface area contributed by atoms with Crippen LogP contribution >= 0.6 is 0 Å². The van der Waals surface area contributed by atoms with E-state index in [4.69, 9.17) is 9.47 Å². The first kappa shape index (κ1) is 27.0. The van der Waals surface area contributed by atoms with E-state index in [0.29, 0.717) is 25.3 Å². The summed E-state index contributed by atoms with van der Waals surface area (Å²) in [6, 6.07) is -0.149. The van der Waals surface area contributed by atoms with Gasteiger partial charge in [0, 0.05) is 49.2 Å². The van der Waals surface area contributed by atoms with E-state index in [-0.39, 0.29) is 24.8 Å². The molecule has 39 heavy (non-hydrogen) atoms. The molecule has 12 unspecified atom stereocenters. The summed E-state index contributed by atoms with van der Waals surface area (Å²) in [6.07, 6.45) is -1.89. The fourth-order valence-electron chi connectivity index (χ4n) is 11.7. The number of nitrogens with zero attached hydrogens (tertiary/aromatic N) is 1. The molecule has 7 rings (SSSR count). The maximum atomic E-state index is 12.6. The summed E-state index contributed by atoms with van der Waals surface area (Å²) in [4.78, 5) is 14.2. The number of ether oxygens (including phenoxy) is 2. The van der Waals surface area contributed by atoms with E-state index in [1.54, 1.807) is 6.92 Å². The van der Waals surface area contributed by atoms with Crippen molar-refractivity contribution in [1.29, 1.82) is 0 Å². The smallest absolute Gasteiger partial charge is 0.303 e. The normalized spacial score (nSPS) is 63.5. The standard InChI is InChI=1S/C29H45NO9/c1-13-5-6-19-26(4,35)21-15(12-30(19)11-13)16-10-27-23(28(16,36)24(34)22(21)33)17(32)9-18-25(27,3)8-7-20(38-14(2)31)29(18,37)39-27/h13,15-24,32-37H,5-12H2,1-4H3/t13?,15?,16?,17-,18?,19?,20?,21?,22?,23?,24+,25?,26-,27?,28+,29?/m1/s1. The molecule has 3 saturated heterocycles. The Balaban J connectivity index is 1.35. The quantitative estimate of drug-likeness (QED) is 0.240. The minimum absolute atomic E-state index is 0.118. The number of hydrogen-bond acceptors (Lipinski definition) is 10. The summed E-state index contributed by atoms with van der Waals surface area (Å²) in [6.45, 7) is 8.65. The lowest BCUT2D eigenvalue weighted by atomic mass is 9.49. The van der Waals surface area contributed by atoms with E-state index in [1.165, 1.54) is 6.92 Å². The van der Waals surface area contributed by atoms with Crippen LogP contribution in [0.25, 0.3) is 0 Å². The van der Waals surface area contributed by atoms with Crippen molar-refractivity contribution in [1.82, 2.24) is 4.90 Å². The number of carbonyl (C=O) groups is 1. The predicted octanol–water partition coefficient (Wildman–Crippen LogP) is -0.243. The zero-order chi connectivity index (χ0) is 28.1. The molecule has 0 aromatic heterocycles. The number of hydrogen-bond donors (Lipinski definition) is 6. The molecule has 6 N–H and O–H groups in total. The monoisotopic (exact) mass is 551 g/mol. The summed E-state index contributed by atoms with van der Waals surface area (Å²) >= 11 is 0. The molecule has 3 heterocycles. The van der Waals surface area contributed by atoms with Gasteiger partial charge in [-0.05, 0) is 63.2 Å². The lowest BCUT2D eigenvalue weighted by molar-refractivity contribution is -0.296. The van der Waals surface area contributed by atoms with Crippen molar-refractivity contribution >= 4 is 5.97 Å². The van der Waals surface area contributed by atoms with Gasteiger partial charge in [-0.15, -0.1) is 0 Å². The maximum Gasteiger partial charge on any atom is 0.303 e. The number of carbonyl (C=O) groups excluding carboxylic acids is 1. The summed E-state index contributed by atoms with van der Waals surface area (Å²) in [7, 11) is 0. The summed E-state index contributed by atoms with van der Waals surface area (Å²) in [5.74, 6) is -4.99. The Morgan fingerprint density at radius 3 is 2.46 bits per heavy atom. The Labute approximate surface area is 229 Å². The highest BCUT2D eigenvalue weighted by atomic mass is 16.7. The second-order valence-corrected chi connectivity index (χ2v) is 14.8. The lowest BCUT2D eigenvalue weighted by Crippen LogP contribution is -2.76. The van der Waals surface area contributed by atoms with Gasteiger partial charge < -0.3 is 40.1 Å². The highest BCUT2D eigenvalue weighted by Crippen LogP contribution is 2.77. The molecule has 4 saturated carbocycles. The molecule has 0 radical (unpaired) electrons. The van der Waals surface area contributed by atoms with Crippen LogP contribution in [-0.2, 0) is 14.3 Å². The second kappa shape index (κ2) is 7.95. The molecular formula is C29H45NO9. The Hall–Kier alpha value is -0.850. The van der Waals surface area contributed by atoms with Crippen LogP contribution in [0, 0.1) is 40.9 Å². The SMILES string of the molecule is CC(=O)OC1CCC2(C)C3C[C@@H](O)C4C2(CC2C5CN6CC(C)CCC6[C@@](C)(O)C5C(O)[C@H](O)[C@]24O)OC13O. The van der Waals surface area contributed by atoms with Crippen LogP contribution < -0.4 is 0 Å². The van der Waals surface area contributed by atoms with E-state index in [0.717, 1.165) is 19.4 Å². The van der Waals surface area contributed by atoms with Gasteiger partial charge in [0.15, 0.2) is 6.10 Å². The van der Waals surface area contributed by atoms with Gasteiger partial charge in [-0.2, -0.15) is 0 Å². The fourth-order valence-corrected chi connectivity index (χ4v) is 11.7. The van der Waals surface area contributed by atoms with Gasteiger partial charge in [0.2, 0.25) is 5.79 Å². The van der Waals surface area contributed by atoms with Crippen LogP contribution in [0.15, 0.2) is 0 Å². The average molecular weight is 552 g/mol. The van der Waals surface area contributed by atoms with Crippen LogP contribution in [0.2, 0.25) is 0 Å². The third-order valence-electron chi connectivity index (χ3n) is 13.1. The molecule has 4 aliphatic carbocycles. The zero-order valence-corrected chi connectivity index (χ0v) is 23.4. The average Bonchev–Trinajstić information content (AvgIpc) is 3.12. The van der Waals surface area contributed by atoms with Gasteiger partial charge in [0.25, 0.3) is 0 Å². The number of aliphatic hydroxyl groups is 6. The topological polar surface area (TPSA) is 160 Å². The van der Waals surface area contributed by atoms with Crippen molar-refractivity contribution in [2.24, 2.45) is 40.9 Å². The molecule has 4 bridgehead atoms. The van der Waals surface area contributed by atoms with E-state index in [2.05, 4.69) is 11.8 Å². The van der Waals surface area contributed by atoms with Crippen molar-refractivity contribution in [3.05, 3.63) is 0 Å². The van der Waals surface area contributed by atoms with Crippen molar-refractivity contribution in [3.63, 3.8) is 0 Å². The van der Waals surface area contributed by atoms with Crippen LogP contribution in [-0.4, -0.2) is 108 Å². The zero-order valence-electron chi connectivity index (χ0n) is 23.4. The molecule has 10 heteroatoms. The van der Waals surface area contributed by atoms with Crippen LogP contribution in [0.4, 0.5) is 0 Å². The Morgan fingerprint density at radius 1 is 1.05 bits per heavy atom. The van der Waals surface area contributed by atoms with Gasteiger partial charge in [-0.1, -0.05) is 13.8 Å². The molecule has 220 valence electrons. The van der Waals surface area contributed by atoms with Crippen molar-refractivity contribution in [2.75, 3.05) is 13.1 Å². The molecule has 10 nitrogen and oxygen atoms in total. The van der Waals surface area contributed by atoms with Crippen molar-refractivity contribution < 1.29 is 44.9 Å². The molecule has 16 atom stereocenters. The summed E-state index contributed by atoms with van der Waals surface area (Å²) in [5, 5.41) is 71.6. The highest BCUT2D eigenvalue weighted by Gasteiger charge is 2.86. The highest BCUT2D eigenvalue weighted by molar-refractivity contribution is 5.66. The number of esters is 1. The molecule has 0 amide bonds. The predicted molar refractivity (Wildman–Crippen MR) is 136 cm³/mol. The molecule has 0 aromatic carbocycles. The van der Waals surface area contributed by atoms with Gasteiger partial charge in [-0.3, -0.25) is 9.69 Å². The molecular weight excluding hydrogens is 506 g/mol. The number of aliphatic hydroxyl groups excluding tert-OH is 3. The van der Waals surface area contributed by atoms with Crippen LogP contribution in [0.3, 0.4) is 0 Å². The lowest BCUT2D eigenvalue weighted by Gasteiger charge is -2.63. The Morgan fingerprint density at radius 2 is 1.77 bits per heavy atom. The molecule has 3 aliphatic heterocycles. The van der Waals surface area contributed by atoms with Crippen molar-refractivity contribution in [3.8, 4) is 0 Å². The largest absolute Gasteiger partial charge is 0.457 e. The first-order valence-corrected chi connectivity index (χ1v) is 15.0. The third-order valence-corrected chi connectivity index (χ3v) is 13.1. The van der Waals surface area contributed by atoms with Crippen LogP contribution in [0.1, 0.15) is 66.2 Å². The Kier molecular flexibility index (Phi) is 5.51. The minimum Gasteiger partial charge on any atom is -0.457 e. The van der Waals surface area contributed by atoms with Gasteiger partial charge in [0.05, 0.1) is 23.4 Å². The van der Waals surface area contributed by atoms with Gasteiger partial charge >= 0.3 is 5.97 Å². The number of piperidine rings is 2. The molecule has 7 fully saturated rings. The summed E-state index contributed by atoms with van der Waals surface area (Å²) in [5.41, 5.74) is -5.03. The fraction of sp³-hybridized carbons (Fsp3) is 0.966. The van der Waals surface area contributed by atoms with E-state index in [9.17, 15) is 35.4 Å². The minimum atomic E-state index is -1.89. The number of fused-ring (bicyclic) bond motifs is 5. The first-order chi connectivity index (χ1) is 18.1. The van der Waals surface area contributed by atoms with E-state index >= 15 is 0 Å². The van der Waals surface area contributed by atoms with Crippen molar-refractivity contribution in [2.45, 2.75) is 119 Å². The van der Waals surface area contributed by atoms with Gasteiger partial charge in [-0.25, -0.2) is 0 Å². The molecule has 0 aromatic rings. The van der Waals surface area contributed by atoms with E-state index in [1.807, 2.05) is 6.92 Å². The number of rotatable bonds is 1. The molecule has 7 aliphatic rings. The first-order valence-electron chi connectivity index (χ1n) is 15.0. The van der Waals surface area contributed by atoms with Crippen LogP contribution in [0.5, 0.6) is 0 Å². The van der Waals surface area contributed by atoms with Gasteiger partial charge in [0.1, 0.15) is 11.7 Å². The maximum absolute atomic E-state index is 12.6. The third kappa shape index (κ3) is 2.98. The summed E-state index contributed by atoms with van der Waals surface area (Å²) < 4.78 is 12.2. The molecule has 1 spiro atoms.